The molecule has 1 nitrogen and oxygen atoms in total. The first-order chi connectivity index (χ1) is 5.27. The van der Waals surface area contributed by atoms with E-state index in [1.54, 1.807) is 0 Å². The van der Waals surface area contributed by atoms with Crippen molar-refractivity contribution in [3.05, 3.63) is 35.0 Å². The van der Waals surface area contributed by atoms with E-state index in [9.17, 15) is 0 Å². The monoisotopic (exact) mass is 166 g/mol. The second-order valence-electron chi connectivity index (χ2n) is 2.51. The van der Waals surface area contributed by atoms with E-state index in [1.165, 1.54) is 0 Å². The zero-order valence-corrected chi connectivity index (χ0v) is 6.85. The van der Waals surface area contributed by atoms with Crippen LogP contribution in [0, 0.1) is 6.92 Å². The van der Waals surface area contributed by atoms with E-state index in [4.69, 9.17) is 16.0 Å². The summed E-state index contributed by atoms with van der Waals surface area (Å²) >= 11 is 5.91. The summed E-state index contributed by atoms with van der Waals surface area (Å²) in [6.07, 6.45) is 0. The maximum atomic E-state index is 5.91. The van der Waals surface area contributed by atoms with Crippen LogP contribution >= 0.6 is 11.6 Å². The third kappa shape index (κ3) is 1.02. The Bertz CT molecular complexity index is 389. The molecule has 0 aliphatic carbocycles. The van der Waals surface area contributed by atoms with Crippen LogP contribution in [0.15, 0.2) is 28.7 Å². The Hall–Kier alpha value is -0.950. The van der Waals surface area contributed by atoms with Crippen LogP contribution in [-0.4, -0.2) is 0 Å². The van der Waals surface area contributed by atoms with Gasteiger partial charge in [0.1, 0.15) is 11.3 Å². The van der Waals surface area contributed by atoms with Gasteiger partial charge in [-0.3, -0.25) is 0 Å². The van der Waals surface area contributed by atoms with Gasteiger partial charge in [-0.15, -0.1) is 0 Å². The van der Waals surface area contributed by atoms with E-state index in [-0.39, 0.29) is 0 Å². The number of aryl methyl sites for hydroxylation is 1. The van der Waals surface area contributed by atoms with Gasteiger partial charge in [0, 0.05) is 5.39 Å². The molecule has 0 saturated carbocycles. The predicted molar refractivity (Wildman–Crippen MR) is 46.0 cm³/mol. The van der Waals surface area contributed by atoms with E-state index >= 15 is 0 Å². The molecule has 0 unspecified atom stereocenters. The number of rotatable bonds is 0. The Morgan fingerprint density at radius 3 is 2.91 bits per heavy atom. The zero-order valence-electron chi connectivity index (χ0n) is 6.10. The first-order valence-electron chi connectivity index (χ1n) is 3.42. The van der Waals surface area contributed by atoms with Gasteiger partial charge in [-0.2, -0.15) is 0 Å². The quantitative estimate of drug-likeness (QED) is 0.585. The molecule has 0 amide bonds. The van der Waals surface area contributed by atoms with Gasteiger partial charge in [0.15, 0.2) is 0 Å². The third-order valence-corrected chi connectivity index (χ3v) is 1.96. The van der Waals surface area contributed by atoms with E-state index in [0.717, 1.165) is 21.8 Å². The summed E-state index contributed by atoms with van der Waals surface area (Å²) in [6.45, 7) is 1.91. The van der Waals surface area contributed by atoms with Gasteiger partial charge in [0.2, 0.25) is 0 Å². The van der Waals surface area contributed by atoms with Crippen LogP contribution in [0.25, 0.3) is 11.0 Å². The highest BCUT2D eigenvalue weighted by atomic mass is 35.5. The van der Waals surface area contributed by atoms with Crippen molar-refractivity contribution >= 4 is 22.6 Å². The highest BCUT2D eigenvalue weighted by molar-refractivity contribution is 6.35. The Balaban J connectivity index is 2.90. The molecule has 2 aromatic rings. The Kier molecular flexibility index (Phi) is 1.40. The maximum Gasteiger partial charge on any atom is 0.135 e. The Morgan fingerprint density at radius 2 is 2.18 bits per heavy atom. The fraction of sp³-hybridized carbons (Fsp3) is 0.111. The van der Waals surface area contributed by atoms with E-state index in [0.29, 0.717) is 0 Å². The lowest BCUT2D eigenvalue weighted by Crippen LogP contribution is -1.63. The molecule has 1 aromatic carbocycles. The van der Waals surface area contributed by atoms with Crippen LogP contribution in [0.4, 0.5) is 0 Å². The van der Waals surface area contributed by atoms with Crippen molar-refractivity contribution < 1.29 is 4.42 Å². The van der Waals surface area contributed by atoms with Gasteiger partial charge in [0.25, 0.3) is 0 Å². The topological polar surface area (TPSA) is 13.1 Å². The lowest BCUT2D eigenvalue weighted by Gasteiger charge is -1.88. The molecule has 0 radical (unpaired) electrons. The molecule has 0 fully saturated rings. The van der Waals surface area contributed by atoms with E-state index in [2.05, 4.69) is 0 Å². The number of hydrogen-bond acceptors (Lipinski definition) is 1. The molecule has 0 N–H and O–H groups in total. The second-order valence-corrected chi connectivity index (χ2v) is 2.92. The molecule has 1 heterocycles. The molecule has 56 valence electrons. The summed E-state index contributed by atoms with van der Waals surface area (Å²) in [7, 11) is 0. The van der Waals surface area contributed by atoms with Crippen LogP contribution < -0.4 is 0 Å². The number of hydrogen-bond donors (Lipinski definition) is 0. The zero-order chi connectivity index (χ0) is 7.84. The molecular weight excluding hydrogens is 160 g/mol. The van der Waals surface area contributed by atoms with Crippen molar-refractivity contribution in [2.45, 2.75) is 6.92 Å². The first-order valence-corrected chi connectivity index (χ1v) is 3.80. The minimum absolute atomic E-state index is 0.749. The summed E-state index contributed by atoms with van der Waals surface area (Å²) in [5, 5.41) is 1.74. The smallest absolute Gasteiger partial charge is 0.135 e. The molecule has 0 spiro atoms. The highest BCUT2D eigenvalue weighted by Gasteiger charge is 2.01. The maximum absolute atomic E-state index is 5.91. The van der Waals surface area contributed by atoms with Crippen LogP contribution in [-0.2, 0) is 0 Å². The first kappa shape index (κ1) is 6.74. The van der Waals surface area contributed by atoms with Gasteiger partial charge < -0.3 is 4.42 Å². The Labute approximate surface area is 69.6 Å². The normalized spacial score (nSPS) is 10.7. The van der Waals surface area contributed by atoms with Crippen molar-refractivity contribution in [3.8, 4) is 0 Å². The van der Waals surface area contributed by atoms with Gasteiger partial charge in [-0.05, 0) is 25.1 Å². The predicted octanol–water partition coefficient (Wildman–Crippen LogP) is 3.39. The number of benzene rings is 1. The average Bonchev–Trinajstić information content (AvgIpc) is 2.31. The lowest BCUT2D eigenvalue weighted by atomic mass is 10.2. The van der Waals surface area contributed by atoms with E-state index < -0.39 is 0 Å². The molecule has 1 aromatic heterocycles. The summed E-state index contributed by atoms with van der Waals surface area (Å²) in [5.74, 6) is 0.896. The Morgan fingerprint density at radius 1 is 1.36 bits per heavy atom. The average molecular weight is 167 g/mol. The fourth-order valence-electron chi connectivity index (χ4n) is 1.15. The molecular formula is C9H7ClO. The van der Waals surface area contributed by atoms with Crippen LogP contribution in [0.1, 0.15) is 5.76 Å². The standard InChI is InChI=1S/C9H7ClO/c1-6-5-7-8(10)3-2-4-9(7)11-6/h2-5H,1H3. The molecule has 0 bridgehead atoms. The molecule has 0 aliphatic heterocycles. The molecule has 0 aliphatic rings. The van der Waals surface area contributed by atoms with Crippen LogP contribution in [0.3, 0.4) is 0 Å². The van der Waals surface area contributed by atoms with Crippen molar-refractivity contribution in [2.24, 2.45) is 0 Å². The highest BCUT2D eigenvalue weighted by Crippen LogP contribution is 2.25. The summed E-state index contributed by atoms with van der Waals surface area (Å²) in [5.41, 5.74) is 0.856. The van der Waals surface area contributed by atoms with E-state index in [1.807, 2.05) is 31.2 Å². The number of halogens is 1. The number of fused-ring (bicyclic) bond motifs is 1. The van der Waals surface area contributed by atoms with Gasteiger partial charge in [-0.25, -0.2) is 0 Å². The third-order valence-electron chi connectivity index (χ3n) is 1.63. The van der Waals surface area contributed by atoms with Crippen LogP contribution in [0.2, 0.25) is 5.02 Å². The molecule has 11 heavy (non-hydrogen) atoms. The largest absolute Gasteiger partial charge is 0.461 e. The summed E-state index contributed by atoms with van der Waals surface area (Å²) < 4.78 is 5.36. The van der Waals surface area contributed by atoms with Crippen molar-refractivity contribution in [2.75, 3.05) is 0 Å². The van der Waals surface area contributed by atoms with Crippen molar-refractivity contribution in [1.29, 1.82) is 0 Å². The molecule has 0 atom stereocenters. The minimum atomic E-state index is 0.749. The van der Waals surface area contributed by atoms with Gasteiger partial charge in [0.05, 0.1) is 5.02 Å². The molecule has 0 saturated heterocycles. The lowest BCUT2D eigenvalue weighted by molar-refractivity contribution is 0.578. The fourth-order valence-corrected chi connectivity index (χ4v) is 1.37. The molecule has 2 rings (SSSR count). The second kappa shape index (κ2) is 2.28. The SMILES string of the molecule is Cc1cc2c(Cl)cccc2o1. The number of furan rings is 1. The van der Waals surface area contributed by atoms with Crippen molar-refractivity contribution in [1.82, 2.24) is 0 Å². The minimum Gasteiger partial charge on any atom is -0.461 e. The van der Waals surface area contributed by atoms with Crippen molar-refractivity contribution in [3.63, 3.8) is 0 Å². The van der Waals surface area contributed by atoms with Gasteiger partial charge in [-0.1, -0.05) is 17.7 Å². The molecule has 2 heteroatoms. The van der Waals surface area contributed by atoms with Gasteiger partial charge >= 0.3 is 0 Å². The van der Waals surface area contributed by atoms with Crippen LogP contribution in [0.5, 0.6) is 0 Å². The summed E-state index contributed by atoms with van der Waals surface area (Å²) in [4.78, 5) is 0. The summed E-state index contributed by atoms with van der Waals surface area (Å²) in [6, 6.07) is 7.60.